The smallest absolute Gasteiger partial charge is 0.236 e. The van der Waals surface area contributed by atoms with E-state index in [-0.39, 0.29) is 43.4 Å². The molecule has 1 aliphatic rings. The van der Waals surface area contributed by atoms with Crippen LogP contribution in [0.25, 0.3) is 0 Å². The molecule has 0 radical (unpaired) electrons. The van der Waals surface area contributed by atoms with Gasteiger partial charge in [0.15, 0.2) is 0 Å². The van der Waals surface area contributed by atoms with Crippen molar-refractivity contribution in [3.63, 3.8) is 0 Å². The van der Waals surface area contributed by atoms with E-state index in [2.05, 4.69) is 11.8 Å². The zero-order valence-electron chi connectivity index (χ0n) is 10.3. The molecular formula is C10H23Cl2N3O2. The summed E-state index contributed by atoms with van der Waals surface area (Å²) in [4.78, 5) is 15.4. The number of β-amino-alcohol motifs (C(OH)–C–C–N with tert-alkyl or cyclic N) is 1. The van der Waals surface area contributed by atoms with Crippen LogP contribution in [0, 0.1) is 0 Å². The van der Waals surface area contributed by atoms with Gasteiger partial charge >= 0.3 is 0 Å². The Morgan fingerprint density at radius 2 is 2.06 bits per heavy atom. The molecule has 7 heteroatoms. The van der Waals surface area contributed by atoms with Crippen LogP contribution < -0.4 is 5.73 Å². The number of hydrogen-bond donors (Lipinski definition) is 2. The molecule has 0 bridgehead atoms. The van der Waals surface area contributed by atoms with Crippen LogP contribution in [0.5, 0.6) is 0 Å². The molecule has 1 amide bonds. The number of piperazine rings is 1. The maximum atomic E-state index is 11.4. The number of aliphatic hydroxyl groups is 1. The minimum absolute atomic E-state index is 0. The van der Waals surface area contributed by atoms with Crippen molar-refractivity contribution in [2.75, 3.05) is 32.7 Å². The monoisotopic (exact) mass is 287 g/mol. The van der Waals surface area contributed by atoms with Crippen LogP contribution >= 0.6 is 24.8 Å². The van der Waals surface area contributed by atoms with Crippen LogP contribution in [-0.4, -0.2) is 65.7 Å². The number of halogens is 2. The first-order valence-electron chi connectivity index (χ1n) is 5.44. The van der Waals surface area contributed by atoms with Gasteiger partial charge in [0.05, 0.1) is 12.6 Å². The average molecular weight is 288 g/mol. The maximum Gasteiger partial charge on any atom is 0.236 e. The van der Waals surface area contributed by atoms with Crippen molar-refractivity contribution in [3.8, 4) is 0 Å². The van der Waals surface area contributed by atoms with E-state index in [1.807, 2.05) is 0 Å². The summed E-state index contributed by atoms with van der Waals surface area (Å²) in [6.45, 7) is 6.85. The molecule has 104 valence electrons. The van der Waals surface area contributed by atoms with Gasteiger partial charge in [0.1, 0.15) is 0 Å². The highest BCUT2D eigenvalue weighted by atomic mass is 35.5. The molecule has 0 spiro atoms. The molecule has 0 aromatic heterocycles. The van der Waals surface area contributed by atoms with Gasteiger partial charge in [-0.1, -0.05) is 0 Å². The van der Waals surface area contributed by atoms with E-state index in [0.717, 1.165) is 6.54 Å². The number of nitrogens with two attached hydrogens (primary N) is 1. The summed E-state index contributed by atoms with van der Waals surface area (Å²) in [7, 11) is 0. The second-order valence-electron chi connectivity index (χ2n) is 4.24. The molecule has 5 nitrogen and oxygen atoms in total. The van der Waals surface area contributed by atoms with Gasteiger partial charge < -0.3 is 15.7 Å². The fourth-order valence-corrected chi connectivity index (χ4v) is 1.96. The molecule has 2 atom stereocenters. The quantitative estimate of drug-likeness (QED) is 0.748. The van der Waals surface area contributed by atoms with Gasteiger partial charge in [0.2, 0.25) is 5.91 Å². The van der Waals surface area contributed by atoms with E-state index in [9.17, 15) is 9.90 Å². The molecule has 2 unspecified atom stereocenters. The molecule has 17 heavy (non-hydrogen) atoms. The number of carbonyl (C=O) groups is 1. The second kappa shape index (κ2) is 8.94. The van der Waals surface area contributed by atoms with Gasteiger partial charge in [0, 0.05) is 32.2 Å². The summed E-state index contributed by atoms with van der Waals surface area (Å²) < 4.78 is 0. The van der Waals surface area contributed by atoms with Gasteiger partial charge in [-0.15, -0.1) is 24.8 Å². The molecular weight excluding hydrogens is 265 g/mol. The predicted octanol–water partition coefficient (Wildman–Crippen LogP) is -0.298. The van der Waals surface area contributed by atoms with Gasteiger partial charge in [-0.3, -0.25) is 9.69 Å². The lowest BCUT2D eigenvalue weighted by molar-refractivity contribution is -0.132. The van der Waals surface area contributed by atoms with Crippen molar-refractivity contribution in [2.24, 2.45) is 5.73 Å². The van der Waals surface area contributed by atoms with E-state index in [0.29, 0.717) is 25.7 Å². The largest absolute Gasteiger partial charge is 0.392 e. The zero-order valence-corrected chi connectivity index (χ0v) is 12.0. The van der Waals surface area contributed by atoms with Gasteiger partial charge in [0.25, 0.3) is 0 Å². The molecule has 0 aromatic carbocycles. The van der Waals surface area contributed by atoms with Crippen LogP contribution in [0.2, 0.25) is 0 Å². The number of aliphatic hydroxyl groups excluding tert-OH is 1. The maximum absolute atomic E-state index is 11.4. The van der Waals surface area contributed by atoms with Crippen LogP contribution in [0.4, 0.5) is 0 Å². The highest BCUT2D eigenvalue weighted by Crippen LogP contribution is 2.09. The SMILES string of the molecule is CC(O)CN1CCN(C(=O)CN)CC1C.Cl.Cl. The van der Waals surface area contributed by atoms with Crippen molar-refractivity contribution in [2.45, 2.75) is 26.0 Å². The molecule has 1 aliphatic heterocycles. The number of amides is 1. The van der Waals surface area contributed by atoms with E-state index >= 15 is 0 Å². The topological polar surface area (TPSA) is 69.8 Å². The first-order valence-corrected chi connectivity index (χ1v) is 5.44. The standard InChI is InChI=1S/C10H21N3O2.2ClH/c1-8-6-13(10(15)5-11)4-3-12(8)7-9(2)14;;/h8-9,14H,3-7,11H2,1-2H3;2*1H. The minimum atomic E-state index is -0.316. The number of carbonyl (C=O) groups excluding carboxylic acids is 1. The van der Waals surface area contributed by atoms with E-state index in [1.165, 1.54) is 0 Å². The first-order chi connectivity index (χ1) is 7.04. The molecule has 3 N–H and O–H groups in total. The van der Waals surface area contributed by atoms with Crippen LogP contribution in [0.15, 0.2) is 0 Å². The van der Waals surface area contributed by atoms with Crippen molar-refractivity contribution in [3.05, 3.63) is 0 Å². The van der Waals surface area contributed by atoms with Crippen LogP contribution in [0.3, 0.4) is 0 Å². The Balaban J connectivity index is 0. The Hall–Kier alpha value is -0.0700. The van der Waals surface area contributed by atoms with Crippen LogP contribution in [-0.2, 0) is 4.79 Å². The second-order valence-corrected chi connectivity index (χ2v) is 4.24. The normalized spacial score (nSPS) is 22.4. The fraction of sp³-hybridized carbons (Fsp3) is 0.900. The van der Waals surface area contributed by atoms with E-state index in [4.69, 9.17) is 5.73 Å². The summed E-state index contributed by atoms with van der Waals surface area (Å²) in [5.74, 6) is 0.0125. The lowest BCUT2D eigenvalue weighted by atomic mass is 10.1. The Labute approximate surface area is 115 Å². The minimum Gasteiger partial charge on any atom is -0.392 e. The number of rotatable bonds is 3. The van der Waals surface area contributed by atoms with Gasteiger partial charge in [-0.05, 0) is 13.8 Å². The van der Waals surface area contributed by atoms with Crippen molar-refractivity contribution in [1.29, 1.82) is 0 Å². The van der Waals surface area contributed by atoms with Crippen LogP contribution in [0.1, 0.15) is 13.8 Å². The highest BCUT2D eigenvalue weighted by molar-refractivity contribution is 5.85. The highest BCUT2D eigenvalue weighted by Gasteiger charge is 2.26. The summed E-state index contributed by atoms with van der Waals surface area (Å²) in [6, 6.07) is 0.295. The summed E-state index contributed by atoms with van der Waals surface area (Å²) >= 11 is 0. The Bertz CT molecular complexity index is 230. The van der Waals surface area contributed by atoms with E-state index < -0.39 is 0 Å². The molecule has 0 aliphatic carbocycles. The third kappa shape index (κ3) is 5.88. The third-order valence-electron chi connectivity index (χ3n) is 2.79. The predicted molar refractivity (Wildman–Crippen MR) is 72.8 cm³/mol. The number of hydrogen-bond acceptors (Lipinski definition) is 4. The van der Waals surface area contributed by atoms with Crippen molar-refractivity contribution >= 4 is 30.7 Å². The lowest BCUT2D eigenvalue weighted by Gasteiger charge is -2.40. The Kier molecular flexibility index (Phi) is 10.1. The molecule has 1 saturated heterocycles. The lowest BCUT2D eigenvalue weighted by Crippen LogP contribution is -2.55. The average Bonchev–Trinajstić information content (AvgIpc) is 2.19. The molecule has 0 aromatic rings. The summed E-state index contributed by atoms with van der Waals surface area (Å²) in [5, 5.41) is 9.30. The zero-order chi connectivity index (χ0) is 11.4. The van der Waals surface area contributed by atoms with Gasteiger partial charge in [-0.25, -0.2) is 0 Å². The summed E-state index contributed by atoms with van der Waals surface area (Å²) in [5.41, 5.74) is 5.32. The van der Waals surface area contributed by atoms with E-state index in [1.54, 1.807) is 11.8 Å². The van der Waals surface area contributed by atoms with Crippen molar-refractivity contribution in [1.82, 2.24) is 9.80 Å². The third-order valence-corrected chi connectivity index (χ3v) is 2.79. The Morgan fingerprint density at radius 3 is 2.47 bits per heavy atom. The Morgan fingerprint density at radius 1 is 1.47 bits per heavy atom. The molecule has 1 fully saturated rings. The number of nitrogens with zero attached hydrogens (tertiary/aromatic N) is 2. The molecule has 1 heterocycles. The summed E-state index contributed by atoms with van der Waals surface area (Å²) in [6.07, 6.45) is -0.316. The fourth-order valence-electron chi connectivity index (χ4n) is 1.96. The van der Waals surface area contributed by atoms with Gasteiger partial charge in [-0.2, -0.15) is 0 Å². The molecule has 0 saturated carbocycles. The van der Waals surface area contributed by atoms with Crippen molar-refractivity contribution < 1.29 is 9.90 Å². The molecule has 1 rings (SSSR count). The first kappa shape index (κ1) is 19.3.